The molecule has 1 N–H and O–H groups in total. The number of thioether (sulfide) groups is 1. The van der Waals surface area contributed by atoms with Crippen molar-refractivity contribution in [2.45, 2.75) is 44.3 Å². The molecule has 146 valence electrons. The molecule has 0 saturated carbocycles. The molecule has 0 spiro atoms. The van der Waals surface area contributed by atoms with Crippen molar-refractivity contribution in [3.8, 4) is 0 Å². The molecule has 0 saturated heterocycles. The van der Waals surface area contributed by atoms with Gasteiger partial charge in [-0.05, 0) is 30.7 Å². The minimum atomic E-state index is -1.15. The third kappa shape index (κ3) is 4.20. The maximum atomic E-state index is 12.6. The van der Waals surface area contributed by atoms with Crippen molar-refractivity contribution in [2.75, 3.05) is 0 Å². The lowest BCUT2D eigenvalue weighted by atomic mass is 9.92. The SMILES string of the molecule is C/C=C(\O)C(=O)OC(CC)OC(=O)C1=CC2=C(Cc3ccccc3S2)C(=O)C1. The summed E-state index contributed by atoms with van der Waals surface area (Å²) in [4.78, 5) is 38.5. The zero-order valence-electron chi connectivity index (χ0n) is 15.6. The number of rotatable bonds is 5. The number of carbonyl (C=O) groups is 3. The molecule has 1 aliphatic carbocycles. The van der Waals surface area contributed by atoms with Gasteiger partial charge in [-0.25, -0.2) is 9.59 Å². The maximum Gasteiger partial charge on any atom is 0.376 e. The minimum absolute atomic E-state index is 0.0507. The summed E-state index contributed by atoms with van der Waals surface area (Å²) >= 11 is 1.46. The van der Waals surface area contributed by atoms with E-state index in [1.165, 1.54) is 24.8 Å². The molecule has 1 atom stereocenters. The number of fused-ring (bicyclic) bond motifs is 1. The van der Waals surface area contributed by atoms with Crippen LogP contribution in [0.2, 0.25) is 0 Å². The van der Waals surface area contributed by atoms with Crippen molar-refractivity contribution in [1.29, 1.82) is 0 Å². The highest BCUT2D eigenvalue weighted by Gasteiger charge is 2.31. The van der Waals surface area contributed by atoms with E-state index in [0.29, 0.717) is 12.0 Å². The molecular weight excluding hydrogens is 380 g/mol. The molecule has 0 bridgehead atoms. The van der Waals surface area contributed by atoms with Gasteiger partial charge >= 0.3 is 11.9 Å². The summed E-state index contributed by atoms with van der Waals surface area (Å²) in [5.74, 6) is -2.35. The summed E-state index contributed by atoms with van der Waals surface area (Å²) in [6.07, 6.45) is 2.43. The van der Waals surface area contributed by atoms with Gasteiger partial charge in [-0.3, -0.25) is 4.79 Å². The maximum absolute atomic E-state index is 12.6. The Morgan fingerprint density at radius 3 is 2.71 bits per heavy atom. The standard InChI is InChI=1S/C21H20O6S/c1-3-15(22)21(25)27-19(4-2)26-20(24)13-10-16(23)14-9-12-7-5-6-8-17(12)28-18(14)11-13/h3,5-8,11,19,22H,4,9-10H2,1-2H3/b15-3-. The van der Waals surface area contributed by atoms with E-state index in [1.807, 2.05) is 24.3 Å². The fraction of sp³-hybridized carbons (Fsp3) is 0.286. The first-order valence-electron chi connectivity index (χ1n) is 8.92. The average molecular weight is 400 g/mol. The van der Waals surface area contributed by atoms with E-state index in [0.717, 1.165) is 15.4 Å². The van der Waals surface area contributed by atoms with Crippen LogP contribution in [0.15, 0.2) is 63.1 Å². The van der Waals surface area contributed by atoms with Gasteiger partial charge in [0.15, 0.2) is 11.5 Å². The zero-order chi connectivity index (χ0) is 20.3. The first-order chi connectivity index (χ1) is 13.4. The molecule has 1 aromatic rings. The number of Topliss-reactive ketones (excluding diaryl/α,β-unsaturated/α-hetero) is 1. The summed E-state index contributed by atoms with van der Waals surface area (Å²) in [6, 6.07) is 7.85. The molecule has 0 amide bonds. The summed E-state index contributed by atoms with van der Waals surface area (Å²) in [6.45, 7) is 3.15. The monoisotopic (exact) mass is 400 g/mol. The highest BCUT2D eigenvalue weighted by Crippen LogP contribution is 2.42. The Bertz CT molecular complexity index is 925. The third-order valence-corrected chi connectivity index (χ3v) is 5.61. The quantitative estimate of drug-likeness (QED) is 0.348. The van der Waals surface area contributed by atoms with Crippen LogP contribution in [0.5, 0.6) is 0 Å². The highest BCUT2D eigenvalue weighted by molar-refractivity contribution is 8.03. The van der Waals surface area contributed by atoms with Crippen LogP contribution in [0.3, 0.4) is 0 Å². The fourth-order valence-corrected chi connectivity index (χ4v) is 4.03. The van der Waals surface area contributed by atoms with E-state index in [4.69, 9.17) is 9.47 Å². The van der Waals surface area contributed by atoms with Gasteiger partial charge in [-0.1, -0.05) is 36.9 Å². The van der Waals surface area contributed by atoms with E-state index in [1.54, 1.807) is 13.0 Å². The largest absolute Gasteiger partial charge is 0.502 e. The number of hydrogen-bond acceptors (Lipinski definition) is 7. The number of esters is 2. The van der Waals surface area contributed by atoms with Gasteiger partial charge in [0, 0.05) is 40.2 Å². The smallest absolute Gasteiger partial charge is 0.376 e. The Morgan fingerprint density at radius 1 is 1.25 bits per heavy atom. The van der Waals surface area contributed by atoms with Crippen LogP contribution in [-0.4, -0.2) is 29.1 Å². The van der Waals surface area contributed by atoms with Crippen LogP contribution in [0, 0.1) is 0 Å². The van der Waals surface area contributed by atoms with Gasteiger partial charge in [0.25, 0.3) is 0 Å². The second kappa shape index (κ2) is 8.48. The molecule has 1 heterocycles. The molecule has 1 aromatic carbocycles. The van der Waals surface area contributed by atoms with Crippen LogP contribution in [0.1, 0.15) is 32.3 Å². The summed E-state index contributed by atoms with van der Waals surface area (Å²) < 4.78 is 10.2. The Morgan fingerprint density at radius 2 is 2.00 bits per heavy atom. The van der Waals surface area contributed by atoms with Crippen molar-refractivity contribution in [3.05, 3.63) is 63.8 Å². The van der Waals surface area contributed by atoms with Crippen molar-refractivity contribution in [2.24, 2.45) is 0 Å². The molecule has 3 rings (SSSR count). The lowest BCUT2D eigenvalue weighted by Crippen LogP contribution is -2.27. The van der Waals surface area contributed by atoms with Crippen molar-refractivity contribution >= 4 is 29.5 Å². The fourth-order valence-electron chi connectivity index (χ4n) is 2.86. The predicted octanol–water partition coefficient (Wildman–Crippen LogP) is 3.77. The number of allylic oxidation sites excluding steroid dienone is 3. The number of aliphatic hydroxyl groups is 1. The first-order valence-corrected chi connectivity index (χ1v) is 9.74. The predicted molar refractivity (Wildman–Crippen MR) is 103 cm³/mol. The summed E-state index contributed by atoms with van der Waals surface area (Å²) in [5.41, 5.74) is 2.03. The van der Waals surface area contributed by atoms with E-state index in [2.05, 4.69) is 0 Å². The molecule has 2 aliphatic rings. The van der Waals surface area contributed by atoms with Crippen molar-refractivity contribution in [1.82, 2.24) is 0 Å². The Labute approximate surface area is 166 Å². The molecule has 6 nitrogen and oxygen atoms in total. The highest BCUT2D eigenvalue weighted by atomic mass is 32.2. The van der Waals surface area contributed by atoms with Crippen LogP contribution in [0.25, 0.3) is 0 Å². The van der Waals surface area contributed by atoms with Gasteiger partial charge in [0.1, 0.15) is 0 Å². The molecule has 1 aliphatic heterocycles. The molecule has 0 aromatic heterocycles. The van der Waals surface area contributed by atoms with Gasteiger partial charge in [0.2, 0.25) is 6.29 Å². The Hall–Kier alpha value is -2.80. The second-order valence-corrected chi connectivity index (χ2v) is 7.41. The summed E-state index contributed by atoms with van der Waals surface area (Å²) in [5, 5.41) is 9.38. The lowest BCUT2D eigenvalue weighted by molar-refractivity contribution is -0.184. The number of aliphatic hydroxyl groups excluding tert-OH is 1. The van der Waals surface area contributed by atoms with Crippen LogP contribution >= 0.6 is 11.8 Å². The van der Waals surface area contributed by atoms with E-state index >= 15 is 0 Å². The molecule has 28 heavy (non-hydrogen) atoms. The number of benzene rings is 1. The number of ketones is 1. The van der Waals surface area contributed by atoms with Crippen molar-refractivity contribution < 1.29 is 29.0 Å². The summed E-state index contributed by atoms with van der Waals surface area (Å²) in [7, 11) is 0. The van der Waals surface area contributed by atoms with Gasteiger partial charge in [-0.15, -0.1) is 0 Å². The zero-order valence-corrected chi connectivity index (χ0v) is 16.4. The number of ether oxygens (including phenoxy) is 2. The van der Waals surface area contributed by atoms with Crippen LogP contribution in [0.4, 0.5) is 0 Å². The average Bonchev–Trinajstić information content (AvgIpc) is 2.71. The number of hydrogen-bond donors (Lipinski definition) is 1. The van der Waals surface area contributed by atoms with Gasteiger partial charge in [-0.2, -0.15) is 0 Å². The topological polar surface area (TPSA) is 89.9 Å². The second-order valence-electron chi connectivity index (χ2n) is 6.32. The van der Waals surface area contributed by atoms with E-state index in [9.17, 15) is 19.5 Å². The molecule has 0 radical (unpaired) electrons. The van der Waals surface area contributed by atoms with E-state index < -0.39 is 24.0 Å². The minimum Gasteiger partial charge on any atom is -0.502 e. The molecular formula is C21H20O6S. The van der Waals surface area contributed by atoms with Crippen LogP contribution in [-0.2, 0) is 30.3 Å². The van der Waals surface area contributed by atoms with Gasteiger partial charge in [0.05, 0.1) is 0 Å². The first kappa shape index (κ1) is 19.9. The van der Waals surface area contributed by atoms with Gasteiger partial charge < -0.3 is 14.6 Å². The van der Waals surface area contributed by atoms with Crippen molar-refractivity contribution in [3.63, 3.8) is 0 Å². The number of carbonyl (C=O) groups excluding carboxylic acids is 3. The van der Waals surface area contributed by atoms with E-state index in [-0.39, 0.29) is 24.2 Å². The molecule has 0 fully saturated rings. The van der Waals surface area contributed by atoms with Crippen LogP contribution < -0.4 is 0 Å². The molecule has 1 unspecified atom stereocenters. The third-order valence-electron chi connectivity index (χ3n) is 4.41. The Balaban J connectivity index is 1.74. The normalized spacial score (nSPS) is 17.3. The molecule has 7 heteroatoms. The Kier molecular flexibility index (Phi) is 6.04. The lowest BCUT2D eigenvalue weighted by Gasteiger charge is -2.24.